The van der Waals surface area contributed by atoms with Crippen molar-refractivity contribution in [1.82, 2.24) is 0 Å². The average molecular weight is 401 g/mol. The van der Waals surface area contributed by atoms with Crippen LogP contribution in [-0.4, -0.2) is 31.1 Å². The molecule has 0 saturated carbocycles. The Hall–Kier alpha value is -3.07. The summed E-state index contributed by atoms with van der Waals surface area (Å²) in [6, 6.07) is 5.25. The lowest BCUT2D eigenvalue weighted by Gasteiger charge is -2.17. The van der Waals surface area contributed by atoms with E-state index in [-0.39, 0.29) is 31.6 Å². The Bertz CT molecular complexity index is 1000. The van der Waals surface area contributed by atoms with Gasteiger partial charge in [-0.15, -0.1) is 11.3 Å². The number of rotatable bonds is 4. The molecule has 1 atom stereocenters. The van der Waals surface area contributed by atoms with Gasteiger partial charge in [0.1, 0.15) is 5.00 Å². The maximum absolute atomic E-state index is 12.7. The molecule has 1 aromatic heterocycles. The zero-order valence-corrected chi connectivity index (χ0v) is 16.2. The van der Waals surface area contributed by atoms with E-state index in [1.54, 1.807) is 30.0 Å². The third-order valence-corrected chi connectivity index (χ3v) is 6.15. The van der Waals surface area contributed by atoms with Crippen LogP contribution in [-0.2, 0) is 9.59 Å². The van der Waals surface area contributed by atoms with Gasteiger partial charge in [-0.05, 0) is 31.5 Å². The maximum atomic E-state index is 12.7. The first-order chi connectivity index (χ1) is 13.3. The van der Waals surface area contributed by atoms with Gasteiger partial charge in [0.15, 0.2) is 11.5 Å². The molecule has 0 aliphatic carbocycles. The fraction of sp³-hybridized carbons (Fsp3) is 0.316. The fourth-order valence-electron chi connectivity index (χ4n) is 3.41. The number of nitrogens with zero attached hydrogens (tertiary/aromatic N) is 1. The smallest absolute Gasteiger partial charge is 0.251 e. The highest BCUT2D eigenvalue weighted by atomic mass is 32.1. The third-order valence-electron chi connectivity index (χ3n) is 5.03. The number of nitrogens with one attached hydrogen (secondary N) is 1. The summed E-state index contributed by atoms with van der Waals surface area (Å²) < 4.78 is 10.6. The summed E-state index contributed by atoms with van der Waals surface area (Å²) in [6.45, 7) is 4.06. The molecule has 1 fully saturated rings. The molecule has 146 valence electrons. The molecule has 3 amide bonds. The number of hydrogen-bond donors (Lipinski definition) is 2. The van der Waals surface area contributed by atoms with Crippen LogP contribution in [0.2, 0.25) is 0 Å². The molecule has 3 heterocycles. The largest absolute Gasteiger partial charge is 0.454 e. The van der Waals surface area contributed by atoms with Gasteiger partial charge in [-0.3, -0.25) is 14.4 Å². The Kier molecular flexibility index (Phi) is 4.46. The van der Waals surface area contributed by atoms with Gasteiger partial charge < -0.3 is 25.4 Å². The zero-order chi connectivity index (χ0) is 20.0. The van der Waals surface area contributed by atoms with Crippen molar-refractivity contribution in [3.05, 3.63) is 34.2 Å². The number of ether oxygens (including phenoxy) is 2. The molecule has 0 radical (unpaired) electrons. The predicted molar refractivity (Wildman–Crippen MR) is 104 cm³/mol. The van der Waals surface area contributed by atoms with Gasteiger partial charge in [0, 0.05) is 29.6 Å². The number of nitrogens with two attached hydrogens (primary N) is 1. The number of hydrogen-bond acceptors (Lipinski definition) is 6. The maximum Gasteiger partial charge on any atom is 0.251 e. The summed E-state index contributed by atoms with van der Waals surface area (Å²) in [6.07, 6.45) is 0.0928. The standard InChI is InChI=1S/C19H19N3O5S/c1-9-10(2)28-19(16(9)17(20)24)21-18(25)11-5-15(23)22(7-11)12-3-4-13-14(6-12)27-8-26-13/h3-4,6,11H,5,7-8H2,1-2H3,(H2,20,24)(H,21,25). The van der Waals surface area contributed by atoms with Crippen LogP contribution in [0.4, 0.5) is 10.7 Å². The Balaban J connectivity index is 1.51. The molecule has 2 aliphatic rings. The SMILES string of the molecule is Cc1sc(NC(=O)C2CC(=O)N(c3ccc4c(c3)OCO4)C2)c(C(N)=O)c1C. The van der Waals surface area contributed by atoms with Crippen molar-refractivity contribution in [2.45, 2.75) is 20.3 Å². The summed E-state index contributed by atoms with van der Waals surface area (Å²) in [5.41, 5.74) is 7.20. The van der Waals surface area contributed by atoms with Crippen LogP contribution in [0.3, 0.4) is 0 Å². The van der Waals surface area contributed by atoms with Crippen LogP contribution in [0, 0.1) is 19.8 Å². The summed E-state index contributed by atoms with van der Waals surface area (Å²) in [5.74, 6) is -0.350. The molecular formula is C19H19N3O5S. The minimum atomic E-state index is -0.582. The predicted octanol–water partition coefficient (Wildman–Crippen LogP) is 2.18. The number of carbonyl (C=O) groups excluding carboxylic acids is 3. The molecule has 4 rings (SSSR count). The highest BCUT2D eigenvalue weighted by Gasteiger charge is 2.36. The van der Waals surface area contributed by atoms with Crippen molar-refractivity contribution < 1.29 is 23.9 Å². The normalized spacial score (nSPS) is 17.9. The van der Waals surface area contributed by atoms with E-state index >= 15 is 0 Å². The number of anilines is 2. The molecule has 8 nitrogen and oxygen atoms in total. The van der Waals surface area contributed by atoms with Crippen molar-refractivity contribution in [1.29, 1.82) is 0 Å². The molecule has 0 bridgehead atoms. The minimum absolute atomic E-state index is 0.0928. The number of aryl methyl sites for hydroxylation is 1. The number of primary amides is 1. The molecule has 1 saturated heterocycles. The lowest BCUT2D eigenvalue weighted by molar-refractivity contribution is -0.122. The molecule has 1 unspecified atom stereocenters. The van der Waals surface area contributed by atoms with Crippen LogP contribution in [0.15, 0.2) is 18.2 Å². The van der Waals surface area contributed by atoms with Crippen molar-refractivity contribution in [2.24, 2.45) is 11.7 Å². The topological polar surface area (TPSA) is 111 Å². The molecular weight excluding hydrogens is 382 g/mol. The lowest BCUT2D eigenvalue weighted by atomic mass is 10.1. The van der Waals surface area contributed by atoms with E-state index in [1.807, 2.05) is 6.92 Å². The molecule has 2 aromatic rings. The second-order valence-corrected chi connectivity index (χ2v) is 8.01. The molecule has 2 aliphatic heterocycles. The van der Waals surface area contributed by atoms with Gasteiger partial charge in [-0.25, -0.2) is 0 Å². The molecule has 0 spiro atoms. The number of thiophene rings is 1. The monoisotopic (exact) mass is 401 g/mol. The first-order valence-electron chi connectivity index (χ1n) is 8.76. The first-order valence-corrected chi connectivity index (χ1v) is 9.57. The van der Waals surface area contributed by atoms with E-state index in [1.165, 1.54) is 11.3 Å². The average Bonchev–Trinajstić information content (AvgIpc) is 3.32. The van der Waals surface area contributed by atoms with E-state index < -0.39 is 11.8 Å². The molecule has 9 heteroatoms. The molecule has 1 aromatic carbocycles. The number of amides is 3. The minimum Gasteiger partial charge on any atom is -0.454 e. The van der Waals surface area contributed by atoms with Gasteiger partial charge in [0.25, 0.3) is 5.91 Å². The number of fused-ring (bicyclic) bond motifs is 1. The van der Waals surface area contributed by atoms with E-state index in [2.05, 4.69) is 5.32 Å². The van der Waals surface area contributed by atoms with Crippen LogP contribution >= 0.6 is 11.3 Å². The van der Waals surface area contributed by atoms with Gasteiger partial charge in [0.05, 0.1) is 11.5 Å². The van der Waals surface area contributed by atoms with E-state index in [9.17, 15) is 14.4 Å². The van der Waals surface area contributed by atoms with Gasteiger partial charge >= 0.3 is 0 Å². The Morgan fingerprint density at radius 1 is 1.25 bits per heavy atom. The Morgan fingerprint density at radius 3 is 2.75 bits per heavy atom. The Labute approximate surface area is 165 Å². The van der Waals surface area contributed by atoms with Crippen LogP contribution in [0.25, 0.3) is 0 Å². The van der Waals surface area contributed by atoms with E-state index in [0.717, 1.165) is 10.4 Å². The molecule has 3 N–H and O–H groups in total. The van der Waals surface area contributed by atoms with Crippen molar-refractivity contribution in [3.8, 4) is 11.5 Å². The first kappa shape index (κ1) is 18.3. The van der Waals surface area contributed by atoms with E-state index in [0.29, 0.717) is 27.8 Å². The van der Waals surface area contributed by atoms with Crippen molar-refractivity contribution in [2.75, 3.05) is 23.6 Å². The van der Waals surface area contributed by atoms with Crippen molar-refractivity contribution >= 4 is 39.7 Å². The van der Waals surface area contributed by atoms with Crippen LogP contribution < -0.4 is 25.4 Å². The summed E-state index contributed by atoms with van der Waals surface area (Å²) in [4.78, 5) is 39.4. The quantitative estimate of drug-likeness (QED) is 0.816. The summed E-state index contributed by atoms with van der Waals surface area (Å²) >= 11 is 1.31. The van der Waals surface area contributed by atoms with Crippen LogP contribution in [0.5, 0.6) is 11.5 Å². The summed E-state index contributed by atoms with van der Waals surface area (Å²) in [7, 11) is 0. The molecule has 28 heavy (non-hydrogen) atoms. The second-order valence-electron chi connectivity index (χ2n) is 6.78. The number of benzene rings is 1. The van der Waals surface area contributed by atoms with Crippen molar-refractivity contribution in [3.63, 3.8) is 0 Å². The Morgan fingerprint density at radius 2 is 2.00 bits per heavy atom. The second kappa shape index (κ2) is 6.83. The lowest BCUT2D eigenvalue weighted by Crippen LogP contribution is -2.28. The third kappa shape index (κ3) is 3.07. The summed E-state index contributed by atoms with van der Waals surface area (Å²) in [5, 5.41) is 3.22. The van der Waals surface area contributed by atoms with Gasteiger partial charge in [0.2, 0.25) is 18.6 Å². The fourth-order valence-corrected chi connectivity index (χ4v) is 4.48. The number of carbonyl (C=O) groups is 3. The highest BCUT2D eigenvalue weighted by Crippen LogP contribution is 2.38. The van der Waals surface area contributed by atoms with Gasteiger partial charge in [-0.1, -0.05) is 0 Å². The zero-order valence-electron chi connectivity index (χ0n) is 15.4. The van der Waals surface area contributed by atoms with Gasteiger partial charge in [-0.2, -0.15) is 0 Å². The van der Waals surface area contributed by atoms with E-state index in [4.69, 9.17) is 15.2 Å². The van der Waals surface area contributed by atoms with Crippen LogP contribution in [0.1, 0.15) is 27.2 Å². The highest BCUT2D eigenvalue weighted by molar-refractivity contribution is 7.16.